The largest absolute Gasteiger partial charge is 0.489 e. The molecule has 0 radical (unpaired) electrons. The quantitative estimate of drug-likeness (QED) is 0.850. The molecule has 0 fully saturated rings. The van der Waals surface area contributed by atoms with Gasteiger partial charge in [-0.15, -0.1) is 0 Å². The number of rotatable bonds is 7. The number of hydrogen-bond acceptors (Lipinski definition) is 5. The third-order valence-electron chi connectivity index (χ3n) is 3.00. The van der Waals surface area contributed by atoms with Crippen molar-refractivity contribution in [2.45, 2.75) is 25.0 Å². The van der Waals surface area contributed by atoms with Crippen LogP contribution < -0.4 is 10.1 Å². The van der Waals surface area contributed by atoms with Crippen molar-refractivity contribution in [3.8, 4) is 5.75 Å². The van der Waals surface area contributed by atoms with Gasteiger partial charge in [0.2, 0.25) is 0 Å². The van der Waals surface area contributed by atoms with E-state index in [9.17, 15) is 8.42 Å². The fraction of sp³-hybridized carbons (Fsp3) is 0.333. The molecular formula is C15H19NO4S. The lowest BCUT2D eigenvalue weighted by atomic mass is 10.2. The Labute approximate surface area is 124 Å². The standard InChI is InChI=1S/C15H19NO4S/c1-3-16-10-15-12(7-8-19-15)11-20-13-5-4-6-14(9-13)21(2,17)18/h4-9,16H,3,10-11H2,1-2H3. The first-order chi connectivity index (χ1) is 10.0. The van der Waals surface area contributed by atoms with Crippen molar-refractivity contribution >= 4 is 9.84 Å². The smallest absolute Gasteiger partial charge is 0.175 e. The number of sulfone groups is 1. The third kappa shape index (κ3) is 4.34. The minimum absolute atomic E-state index is 0.250. The van der Waals surface area contributed by atoms with Crippen molar-refractivity contribution in [3.05, 3.63) is 47.9 Å². The van der Waals surface area contributed by atoms with E-state index in [2.05, 4.69) is 5.32 Å². The molecule has 0 bridgehead atoms. The van der Waals surface area contributed by atoms with Crippen LogP contribution in [0.4, 0.5) is 0 Å². The summed E-state index contributed by atoms with van der Waals surface area (Å²) in [5, 5.41) is 3.19. The number of hydrogen-bond donors (Lipinski definition) is 1. The lowest BCUT2D eigenvalue weighted by molar-refractivity contribution is 0.300. The Morgan fingerprint density at radius 3 is 2.81 bits per heavy atom. The van der Waals surface area contributed by atoms with E-state index in [1.54, 1.807) is 24.5 Å². The van der Waals surface area contributed by atoms with Crippen molar-refractivity contribution < 1.29 is 17.6 Å². The van der Waals surface area contributed by atoms with E-state index in [1.807, 2.05) is 13.0 Å². The fourth-order valence-electron chi connectivity index (χ4n) is 1.84. The predicted molar refractivity (Wildman–Crippen MR) is 80.0 cm³/mol. The average Bonchev–Trinajstić information content (AvgIpc) is 2.90. The number of ether oxygens (including phenoxy) is 1. The summed E-state index contributed by atoms with van der Waals surface area (Å²) in [6.45, 7) is 3.86. The second-order valence-electron chi connectivity index (χ2n) is 4.69. The van der Waals surface area contributed by atoms with Gasteiger partial charge >= 0.3 is 0 Å². The zero-order valence-electron chi connectivity index (χ0n) is 12.1. The highest BCUT2D eigenvalue weighted by atomic mass is 32.2. The molecule has 0 amide bonds. The summed E-state index contributed by atoms with van der Waals surface area (Å²) in [5.74, 6) is 1.35. The topological polar surface area (TPSA) is 68.5 Å². The normalized spacial score (nSPS) is 11.5. The van der Waals surface area contributed by atoms with Gasteiger partial charge in [-0.1, -0.05) is 13.0 Å². The molecule has 0 aliphatic heterocycles. The van der Waals surface area contributed by atoms with Crippen LogP contribution in [0.3, 0.4) is 0 Å². The molecule has 21 heavy (non-hydrogen) atoms. The average molecular weight is 309 g/mol. The molecule has 114 valence electrons. The number of furan rings is 1. The van der Waals surface area contributed by atoms with Crippen LogP contribution >= 0.6 is 0 Å². The van der Waals surface area contributed by atoms with Crippen LogP contribution in [-0.2, 0) is 23.0 Å². The van der Waals surface area contributed by atoms with Gasteiger partial charge in [0.15, 0.2) is 9.84 Å². The summed E-state index contributed by atoms with van der Waals surface area (Å²) in [4.78, 5) is 0.250. The summed E-state index contributed by atoms with van der Waals surface area (Å²) in [7, 11) is -3.23. The van der Waals surface area contributed by atoms with Gasteiger partial charge < -0.3 is 14.5 Å². The monoisotopic (exact) mass is 309 g/mol. The molecular weight excluding hydrogens is 290 g/mol. The Balaban J connectivity index is 2.05. The van der Waals surface area contributed by atoms with Crippen molar-refractivity contribution in [2.24, 2.45) is 0 Å². The highest BCUT2D eigenvalue weighted by Crippen LogP contribution is 2.20. The van der Waals surface area contributed by atoms with E-state index in [0.717, 1.165) is 17.9 Å². The zero-order chi connectivity index (χ0) is 15.3. The van der Waals surface area contributed by atoms with Crippen molar-refractivity contribution in [1.29, 1.82) is 0 Å². The second kappa shape index (κ2) is 6.78. The number of benzene rings is 1. The predicted octanol–water partition coefficient (Wildman–Crippen LogP) is 2.37. The first kappa shape index (κ1) is 15.6. The third-order valence-corrected chi connectivity index (χ3v) is 4.11. The molecule has 0 atom stereocenters. The van der Waals surface area contributed by atoms with E-state index in [0.29, 0.717) is 18.9 Å². The maximum atomic E-state index is 11.5. The minimum Gasteiger partial charge on any atom is -0.489 e. The molecule has 0 spiro atoms. The van der Waals surface area contributed by atoms with Gasteiger partial charge in [0.25, 0.3) is 0 Å². The summed E-state index contributed by atoms with van der Waals surface area (Å²) >= 11 is 0. The van der Waals surface area contributed by atoms with Crippen LogP contribution in [-0.4, -0.2) is 21.2 Å². The van der Waals surface area contributed by atoms with Gasteiger partial charge in [0.05, 0.1) is 17.7 Å². The highest BCUT2D eigenvalue weighted by molar-refractivity contribution is 7.90. The Morgan fingerprint density at radius 1 is 1.29 bits per heavy atom. The molecule has 0 saturated heterocycles. The van der Waals surface area contributed by atoms with Gasteiger partial charge in [0, 0.05) is 11.8 Å². The van der Waals surface area contributed by atoms with Crippen LogP contribution in [0.5, 0.6) is 5.75 Å². The van der Waals surface area contributed by atoms with Crippen molar-refractivity contribution in [2.75, 3.05) is 12.8 Å². The van der Waals surface area contributed by atoms with E-state index in [-0.39, 0.29) is 4.90 Å². The maximum Gasteiger partial charge on any atom is 0.175 e. The Kier molecular flexibility index (Phi) is 5.03. The molecule has 1 N–H and O–H groups in total. The highest BCUT2D eigenvalue weighted by Gasteiger charge is 2.10. The van der Waals surface area contributed by atoms with Gasteiger partial charge in [0.1, 0.15) is 18.1 Å². The molecule has 5 nitrogen and oxygen atoms in total. The van der Waals surface area contributed by atoms with Gasteiger partial charge in [-0.25, -0.2) is 8.42 Å². The zero-order valence-corrected chi connectivity index (χ0v) is 12.9. The molecule has 2 rings (SSSR count). The van der Waals surface area contributed by atoms with Gasteiger partial charge in [-0.05, 0) is 30.8 Å². The first-order valence-corrected chi connectivity index (χ1v) is 8.58. The van der Waals surface area contributed by atoms with Crippen LogP contribution in [0, 0.1) is 0 Å². The van der Waals surface area contributed by atoms with E-state index in [4.69, 9.17) is 9.15 Å². The molecule has 0 aliphatic carbocycles. The lowest BCUT2D eigenvalue weighted by Crippen LogP contribution is -2.12. The van der Waals surface area contributed by atoms with Gasteiger partial charge in [-0.2, -0.15) is 0 Å². The minimum atomic E-state index is -3.23. The molecule has 0 saturated carbocycles. The lowest BCUT2D eigenvalue weighted by Gasteiger charge is -2.08. The molecule has 1 heterocycles. The van der Waals surface area contributed by atoms with Crippen LogP contribution in [0.25, 0.3) is 0 Å². The molecule has 6 heteroatoms. The van der Waals surface area contributed by atoms with Crippen LogP contribution in [0.2, 0.25) is 0 Å². The SMILES string of the molecule is CCNCc1occc1COc1cccc(S(C)(=O)=O)c1. The summed E-state index contributed by atoms with van der Waals surface area (Å²) in [5.41, 5.74) is 0.945. The molecule has 0 unspecified atom stereocenters. The summed E-state index contributed by atoms with van der Waals surface area (Å²) < 4.78 is 34.1. The number of nitrogens with one attached hydrogen (secondary N) is 1. The molecule has 1 aromatic carbocycles. The first-order valence-electron chi connectivity index (χ1n) is 6.69. The molecule has 1 aromatic heterocycles. The Morgan fingerprint density at radius 2 is 2.10 bits per heavy atom. The molecule has 2 aromatic rings. The van der Waals surface area contributed by atoms with Crippen LogP contribution in [0.1, 0.15) is 18.2 Å². The van der Waals surface area contributed by atoms with Crippen molar-refractivity contribution in [1.82, 2.24) is 5.32 Å². The van der Waals surface area contributed by atoms with Crippen LogP contribution in [0.15, 0.2) is 45.9 Å². The summed E-state index contributed by atoms with van der Waals surface area (Å²) in [6.07, 6.45) is 2.80. The Bertz CT molecular complexity index is 691. The Hall–Kier alpha value is -1.79. The van der Waals surface area contributed by atoms with E-state index >= 15 is 0 Å². The van der Waals surface area contributed by atoms with Crippen molar-refractivity contribution in [3.63, 3.8) is 0 Å². The fourth-order valence-corrected chi connectivity index (χ4v) is 2.50. The van der Waals surface area contributed by atoms with Gasteiger partial charge in [-0.3, -0.25) is 0 Å². The maximum absolute atomic E-state index is 11.5. The van der Waals surface area contributed by atoms with E-state index in [1.165, 1.54) is 12.3 Å². The van der Waals surface area contributed by atoms with E-state index < -0.39 is 9.84 Å². The molecule has 0 aliphatic rings. The summed E-state index contributed by atoms with van der Waals surface area (Å²) in [6, 6.07) is 8.34. The second-order valence-corrected chi connectivity index (χ2v) is 6.70.